The molecule has 0 saturated carbocycles. The van der Waals surface area contributed by atoms with Gasteiger partial charge in [0.05, 0.1) is 0 Å². The Labute approximate surface area is 100 Å². The molecule has 0 bridgehead atoms. The Morgan fingerprint density at radius 2 is 2.00 bits per heavy atom. The molecule has 16 heavy (non-hydrogen) atoms. The standard InChI is InChI=1S/C12H16ClNO2/c1-3-7(2)12(14)8-4-10-11(5-9(8)13)16-6-15-10/h4-5,7,12H,3,6,14H2,1-2H3/t7?,12-/m0/s1. The summed E-state index contributed by atoms with van der Waals surface area (Å²) in [6.45, 7) is 4.49. The summed E-state index contributed by atoms with van der Waals surface area (Å²) in [6, 6.07) is 3.61. The molecule has 0 radical (unpaired) electrons. The molecule has 3 nitrogen and oxygen atoms in total. The summed E-state index contributed by atoms with van der Waals surface area (Å²) >= 11 is 6.19. The van der Waals surface area contributed by atoms with Gasteiger partial charge in [-0.15, -0.1) is 0 Å². The lowest BCUT2D eigenvalue weighted by molar-refractivity contribution is 0.174. The van der Waals surface area contributed by atoms with Crippen LogP contribution in [0.5, 0.6) is 11.5 Å². The number of hydrogen-bond acceptors (Lipinski definition) is 3. The van der Waals surface area contributed by atoms with Crippen LogP contribution >= 0.6 is 11.6 Å². The van der Waals surface area contributed by atoms with Crippen molar-refractivity contribution in [1.29, 1.82) is 0 Å². The first-order valence-corrected chi connectivity index (χ1v) is 5.86. The topological polar surface area (TPSA) is 44.5 Å². The van der Waals surface area contributed by atoms with Crippen molar-refractivity contribution < 1.29 is 9.47 Å². The third kappa shape index (κ3) is 1.97. The third-order valence-electron chi connectivity index (χ3n) is 3.11. The maximum Gasteiger partial charge on any atom is 0.231 e. The van der Waals surface area contributed by atoms with E-state index >= 15 is 0 Å². The minimum absolute atomic E-state index is 0.0630. The molecule has 0 fully saturated rings. The number of fused-ring (bicyclic) bond motifs is 1. The summed E-state index contributed by atoms with van der Waals surface area (Å²) in [5.74, 6) is 1.82. The second-order valence-corrected chi connectivity index (χ2v) is 4.55. The molecule has 0 aliphatic carbocycles. The fourth-order valence-electron chi connectivity index (χ4n) is 1.75. The molecule has 2 rings (SSSR count). The van der Waals surface area contributed by atoms with Gasteiger partial charge in [0.1, 0.15) is 0 Å². The van der Waals surface area contributed by atoms with E-state index in [1.807, 2.05) is 6.07 Å². The van der Waals surface area contributed by atoms with Gasteiger partial charge in [-0.3, -0.25) is 0 Å². The van der Waals surface area contributed by atoms with Gasteiger partial charge in [0.15, 0.2) is 11.5 Å². The summed E-state index contributed by atoms with van der Waals surface area (Å²) in [7, 11) is 0. The molecule has 0 spiro atoms. The molecular formula is C12H16ClNO2. The van der Waals surface area contributed by atoms with E-state index in [2.05, 4.69) is 13.8 Å². The molecular weight excluding hydrogens is 226 g/mol. The molecule has 4 heteroatoms. The van der Waals surface area contributed by atoms with Gasteiger partial charge < -0.3 is 15.2 Å². The lowest BCUT2D eigenvalue weighted by Crippen LogP contribution is -2.18. The highest BCUT2D eigenvalue weighted by Gasteiger charge is 2.21. The molecule has 1 heterocycles. The first-order chi connectivity index (χ1) is 7.63. The van der Waals surface area contributed by atoms with Gasteiger partial charge in [0.25, 0.3) is 0 Å². The predicted octanol–water partition coefficient (Wildman–Crippen LogP) is 3.11. The van der Waals surface area contributed by atoms with Crippen LogP contribution in [0.25, 0.3) is 0 Å². The minimum atomic E-state index is -0.0630. The number of halogens is 1. The molecule has 1 aromatic rings. The van der Waals surface area contributed by atoms with E-state index in [1.165, 1.54) is 0 Å². The molecule has 0 amide bonds. The second kappa shape index (κ2) is 4.52. The van der Waals surface area contributed by atoms with Crippen LogP contribution in [0.4, 0.5) is 0 Å². The summed E-state index contributed by atoms with van der Waals surface area (Å²) in [5.41, 5.74) is 7.09. The van der Waals surface area contributed by atoms with Gasteiger partial charge in [-0.1, -0.05) is 31.9 Å². The van der Waals surface area contributed by atoms with Gasteiger partial charge in [-0.2, -0.15) is 0 Å². The summed E-state index contributed by atoms with van der Waals surface area (Å²) in [5, 5.41) is 0.650. The van der Waals surface area contributed by atoms with Crippen LogP contribution in [-0.4, -0.2) is 6.79 Å². The number of benzene rings is 1. The van der Waals surface area contributed by atoms with Crippen LogP contribution in [0, 0.1) is 5.92 Å². The predicted molar refractivity (Wildman–Crippen MR) is 64.0 cm³/mol. The zero-order valence-corrected chi connectivity index (χ0v) is 10.3. The van der Waals surface area contributed by atoms with E-state index in [0.29, 0.717) is 16.7 Å². The highest BCUT2D eigenvalue weighted by molar-refractivity contribution is 6.31. The Balaban J connectivity index is 2.34. The van der Waals surface area contributed by atoms with Crippen molar-refractivity contribution >= 4 is 11.6 Å². The van der Waals surface area contributed by atoms with E-state index in [4.69, 9.17) is 26.8 Å². The zero-order valence-electron chi connectivity index (χ0n) is 9.50. The molecule has 88 valence electrons. The Morgan fingerprint density at radius 1 is 1.38 bits per heavy atom. The molecule has 1 aliphatic rings. The SMILES string of the molecule is CCC(C)[C@H](N)c1cc2c(cc1Cl)OCO2. The van der Waals surface area contributed by atoms with Gasteiger partial charge >= 0.3 is 0 Å². The molecule has 0 saturated heterocycles. The summed E-state index contributed by atoms with van der Waals surface area (Å²) in [6.07, 6.45) is 1.02. The van der Waals surface area contributed by atoms with E-state index in [-0.39, 0.29) is 12.8 Å². The third-order valence-corrected chi connectivity index (χ3v) is 3.44. The second-order valence-electron chi connectivity index (χ2n) is 4.14. The molecule has 1 unspecified atom stereocenters. The lowest BCUT2D eigenvalue weighted by Gasteiger charge is -2.20. The highest BCUT2D eigenvalue weighted by Crippen LogP contribution is 2.40. The maximum atomic E-state index is 6.19. The molecule has 2 N–H and O–H groups in total. The van der Waals surface area contributed by atoms with Crippen LogP contribution in [0.3, 0.4) is 0 Å². The van der Waals surface area contributed by atoms with Crippen LogP contribution in [-0.2, 0) is 0 Å². The highest BCUT2D eigenvalue weighted by atomic mass is 35.5. The van der Waals surface area contributed by atoms with Crippen molar-refractivity contribution in [3.63, 3.8) is 0 Å². The van der Waals surface area contributed by atoms with Crippen LogP contribution < -0.4 is 15.2 Å². The molecule has 1 aromatic carbocycles. The first-order valence-electron chi connectivity index (χ1n) is 5.48. The first kappa shape index (κ1) is 11.6. The Hall–Kier alpha value is -0.930. The van der Waals surface area contributed by atoms with Crippen molar-refractivity contribution in [2.24, 2.45) is 11.7 Å². The smallest absolute Gasteiger partial charge is 0.231 e. The zero-order chi connectivity index (χ0) is 11.7. The quantitative estimate of drug-likeness (QED) is 0.884. The normalized spacial score (nSPS) is 17.2. The number of hydrogen-bond donors (Lipinski definition) is 1. The number of rotatable bonds is 3. The lowest BCUT2D eigenvalue weighted by atomic mass is 9.93. The van der Waals surface area contributed by atoms with Gasteiger partial charge in [-0.05, 0) is 17.5 Å². The van der Waals surface area contributed by atoms with Gasteiger partial charge in [-0.25, -0.2) is 0 Å². The number of ether oxygens (including phenoxy) is 2. The van der Waals surface area contributed by atoms with Crippen LogP contribution in [0.2, 0.25) is 5.02 Å². The Kier molecular flexibility index (Phi) is 3.26. The van der Waals surface area contributed by atoms with Gasteiger partial charge in [0, 0.05) is 17.1 Å². The maximum absolute atomic E-state index is 6.19. The van der Waals surface area contributed by atoms with E-state index in [0.717, 1.165) is 17.7 Å². The van der Waals surface area contributed by atoms with Crippen LogP contribution in [0.15, 0.2) is 12.1 Å². The fourth-order valence-corrected chi connectivity index (χ4v) is 2.03. The molecule has 0 aromatic heterocycles. The van der Waals surface area contributed by atoms with E-state index in [9.17, 15) is 0 Å². The number of nitrogens with two attached hydrogens (primary N) is 1. The average molecular weight is 242 g/mol. The monoisotopic (exact) mass is 241 g/mol. The van der Waals surface area contributed by atoms with Crippen molar-refractivity contribution in [1.82, 2.24) is 0 Å². The Morgan fingerprint density at radius 3 is 2.62 bits per heavy atom. The average Bonchev–Trinajstić information content (AvgIpc) is 2.72. The fraction of sp³-hybridized carbons (Fsp3) is 0.500. The van der Waals surface area contributed by atoms with Crippen molar-refractivity contribution in [3.8, 4) is 11.5 Å². The van der Waals surface area contributed by atoms with Crippen molar-refractivity contribution in [2.45, 2.75) is 26.3 Å². The van der Waals surface area contributed by atoms with E-state index < -0.39 is 0 Å². The summed E-state index contributed by atoms with van der Waals surface area (Å²) < 4.78 is 10.6. The molecule has 2 atom stereocenters. The minimum Gasteiger partial charge on any atom is -0.454 e. The summed E-state index contributed by atoms with van der Waals surface area (Å²) in [4.78, 5) is 0. The Bertz CT molecular complexity index is 395. The van der Waals surface area contributed by atoms with Crippen molar-refractivity contribution in [3.05, 3.63) is 22.7 Å². The van der Waals surface area contributed by atoms with Gasteiger partial charge in [0.2, 0.25) is 6.79 Å². The largest absolute Gasteiger partial charge is 0.454 e. The van der Waals surface area contributed by atoms with E-state index in [1.54, 1.807) is 6.07 Å². The van der Waals surface area contributed by atoms with Crippen LogP contribution in [0.1, 0.15) is 31.9 Å². The molecule has 1 aliphatic heterocycles. The van der Waals surface area contributed by atoms with Crippen molar-refractivity contribution in [2.75, 3.05) is 6.79 Å².